The van der Waals surface area contributed by atoms with E-state index < -0.39 is 6.10 Å². The Morgan fingerprint density at radius 2 is 2.43 bits per heavy atom. The Bertz CT molecular complexity index is 230. The van der Waals surface area contributed by atoms with Crippen molar-refractivity contribution in [3.8, 4) is 0 Å². The summed E-state index contributed by atoms with van der Waals surface area (Å²) in [5, 5.41) is 16.5. The molecule has 1 fully saturated rings. The van der Waals surface area contributed by atoms with Crippen molar-refractivity contribution in [1.82, 2.24) is 4.90 Å². The second-order valence-corrected chi connectivity index (χ2v) is 3.32. The molecule has 0 spiro atoms. The molecule has 1 aliphatic heterocycles. The molecule has 2 N–H and O–H groups in total. The highest BCUT2D eigenvalue weighted by atomic mass is 16.5. The van der Waals surface area contributed by atoms with Crippen LogP contribution in [0.5, 0.6) is 0 Å². The maximum atomic E-state index is 11.5. The van der Waals surface area contributed by atoms with Crippen LogP contribution in [0.3, 0.4) is 0 Å². The number of ether oxygens (including phenoxy) is 1. The number of amides is 1. The van der Waals surface area contributed by atoms with Crippen molar-refractivity contribution in [2.24, 2.45) is 0 Å². The number of carbonyl (C=O) groups excluding carboxylic acids is 1. The highest BCUT2D eigenvalue weighted by Crippen LogP contribution is 2.10. The number of β-amino-alcohol motifs (C(OH)–C–C–N with tert-alkyl or cyclic N) is 1. The zero-order valence-electron chi connectivity index (χ0n) is 8.32. The zero-order valence-corrected chi connectivity index (χ0v) is 8.32. The molecule has 5 nitrogen and oxygen atoms in total. The fourth-order valence-corrected chi connectivity index (χ4v) is 1.44. The van der Waals surface area contributed by atoms with Gasteiger partial charge in [-0.2, -0.15) is 0 Å². The van der Waals surface area contributed by atoms with Gasteiger partial charge >= 0.3 is 0 Å². The van der Waals surface area contributed by atoms with E-state index in [1.165, 1.54) is 0 Å². The third-order valence-electron chi connectivity index (χ3n) is 2.15. The van der Waals surface area contributed by atoms with Crippen LogP contribution in [0, 0.1) is 5.41 Å². The van der Waals surface area contributed by atoms with Gasteiger partial charge in [0.1, 0.15) is 6.42 Å². The van der Waals surface area contributed by atoms with Crippen LogP contribution < -0.4 is 0 Å². The van der Waals surface area contributed by atoms with E-state index in [9.17, 15) is 9.90 Å². The maximum Gasteiger partial charge on any atom is 0.231 e. The number of hydrogen-bond acceptors (Lipinski definition) is 4. The van der Waals surface area contributed by atoms with Crippen molar-refractivity contribution in [1.29, 1.82) is 5.41 Å². The molecule has 0 aromatic rings. The minimum atomic E-state index is -0.403. The summed E-state index contributed by atoms with van der Waals surface area (Å²) in [5.74, 6) is -0.140. The molecule has 0 aromatic carbocycles. The largest absolute Gasteiger partial charge is 0.481 e. The van der Waals surface area contributed by atoms with E-state index in [0.717, 1.165) is 0 Å². The fraction of sp³-hybridized carbons (Fsp3) is 0.778. The van der Waals surface area contributed by atoms with Crippen LogP contribution in [-0.4, -0.2) is 47.6 Å². The van der Waals surface area contributed by atoms with Crippen molar-refractivity contribution < 1.29 is 14.6 Å². The molecule has 1 amide bonds. The van der Waals surface area contributed by atoms with Gasteiger partial charge in [-0.3, -0.25) is 10.2 Å². The second-order valence-electron chi connectivity index (χ2n) is 3.32. The predicted octanol–water partition coefficient (Wildman–Crippen LogP) is -0.0165. The quantitative estimate of drug-likeness (QED) is 0.497. The summed E-state index contributed by atoms with van der Waals surface area (Å²) in [5.41, 5.74) is 0. The fourth-order valence-electron chi connectivity index (χ4n) is 1.44. The molecule has 1 aliphatic rings. The van der Waals surface area contributed by atoms with Crippen LogP contribution >= 0.6 is 0 Å². The first-order valence-corrected chi connectivity index (χ1v) is 4.79. The van der Waals surface area contributed by atoms with Crippen molar-refractivity contribution in [3.63, 3.8) is 0 Å². The summed E-state index contributed by atoms with van der Waals surface area (Å²) >= 11 is 0. The smallest absolute Gasteiger partial charge is 0.231 e. The van der Waals surface area contributed by atoms with E-state index in [0.29, 0.717) is 26.1 Å². The molecule has 1 atom stereocenters. The lowest BCUT2D eigenvalue weighted by Gasteiger charge is -2.15. The maximum absolute atomic E-state index is 11.5. The van der Waals surface area contributed by atoms with E-state index >= 15 is 0 Å². The molecule has 80 valence electrons. The Morgan fingerprint density at radius 3 is 2.93 bits per heavy atom. The number of likely N-dealkylation sites (tertiary alicyclic amines) is 1. The van der Waals surface area contributed by atoms with Crippen molar-refractivity contribution >= 4 is 11.8 Å². The Labute approximate surface area is 83.2 Å². The molecule has 1 heterocycles. The van der Waals surface area contributed by atoms with Crippen molar-refractivity contribution in [2.45, 2.75) is 25.9 Å². The van der Waals surface area contributed by atoms with Gasteiger partial charge in [0.15, 0.2) is 5.90 Å². The molecule has 14 heavy (non-hydrogen) atoms. The van der Waals surface area contributed by atoms with Crippen LogP contribution in [0.15, 0.2) is 0 Å². The van der Waals surface area contributed by atoms with E-state index in [1.807, 2.05) is 0 Å². The molecule has 0 aromatic heterocycles. The molecule has 1 saturated heterocycles. The van der Waals surface area contributed by atoms with Crippen LogP contribution in [0.1, 0.15) is 19.8 Å². The summed E-state index contributed by atoms with van der Waals surface area (Å²) < 4.78 is 4.87. The second kappa shape index (κ2) is 4.95. The minimum absolute atomic E-state index is 0.000556. The molecule has 0 saturated carbocycles. The van der Waals surface area contributed by atoms with Gasteiger partial charge in [0.05, 0.1) is 12.7 Å². The van der Waals surface area contributed by atoms with Gasteiger partial charge in [0, 0.05) is 13.1 Å². The van der Waals surface area contributed by atoms with Gasteiger partial charge in [0.2, 0.25) is 5.91 Å². The number of carbonyl (C=O) groups is 1. The van der Waals surface area contributed by atoms with Crippen molar-refractivity contribution in [2.75, 3.05) is 19.7 Å². The number of hydrogen-bond donors (Lipinski definition) is 2. The summed E-state index contributed by atoms with van der Waals surface area (Å²) in [7, 11) is 0. The monoisotopic (exact) mass is 200 g/mol. The Morgan fingerprint density at radius 1 is 1.71 bits per heavy atom. The number of nitrogens with one attached hydrogen (secondary N) is 1. The Hall–Kier alpha value is -1.10. The molecule has 1 rings (SSSR count). The lowest BCUT2D eigenvalue weighted by Crippen LogP contribution is -2.31. The number of rotatable bonds is 3. The van der Waals surface area contributed by atoms with Crippen LogP contribution in [0.25, 0.3) is 0 Å². The first-order chi connectivity index (χ1) is 6.63. The minimum Gasteiger partial charge on any atom is -0.481 e. The first kappa shape index (κ1) is 11.0. The summed E-state index contributed by atoms with van der Waals surface area (Å²) in [6.07, 6.45) is 0.231. The SMILES string of the molecule is CCOC(=N)CC(=O)N1CC[C@@H](O)C1. The molecule has 0 unspecified atom stereocenters. The van der Waals surface area contributed by atoms with Gasteiger partial charge < -0.3 is 14.7 Å². The molecule has 0 radical (unpaired) electrons. The van der Waals surface area contributed by atoms with Crippen LogP contribution in [0.2, 0.25) is 0 Å². The topological polar surface area (TPSA) is 73.6 Å². The van der Waals surface area contributed by atoms with Crippen LogP contribution in [0.4, 0.5) is 0 Å². The highest BCUT2D eigenvalue weighted by molar-refractivity contribution is 5.95. The van der Waals surface area contributed by atoms with Crippen LogP contribution in [-0.2, 0) is 9.53 Å². The highest BCUT2D eigenvalue weighted by Gasteiger charge is 2.25. The normalized spacial score (nSPS) is 21.0. The Kier molecular flexibility index (Phi) is 3.88. The number of aliphatic hydroxyl groups excluding tert-OH is 1. The molecule has 0 aliphatic carbocycles. The lowest BCUT2D eigenvalue weighted by molar-refractivity contribution is -0.129. The average Bonchev–Trinajstić information content (AvgIpc) is 2.52. The van der Waals surface area contributed by atoms with Crippen molar-refractivity contribution in [3.05, 3.63) is 0 Å². The van der Waals surface area contributed by atoms with E-state index in [-0.39, 0.29) is 18.2 Å². The summed E-state index contributed by atoms with van der Waals surface area (Å²) in [6, 6.07) is 0. The Balaban J connectivity index is 2.31. The van der Waals surface area contributed by atoms with E-state index in [4.69, 9.17) is 10.1 Å². The van der Waals surface area contributed by atoms with Gasteiger partial charge in [-0.15, -0.1) is 0 Å². The van der Waals surface area contributed by atoms with E-state index in [2.05, 4.69) is 0 Å². The molecule has 5 heteroatoms. The predicted molar refractivity (Wildman–Crippen MR) is 51.2 cm³/mol. The van der Waals surface area contributed by atoms with Gasteiger partial charge in [-0.1, -0.05) is 0 Å². The molecule has 0 bridgehead atoms. The molecular formula is C9H16N2O3. The number of nitrogens with zero attached hydrogens (tertiary/aromatic N) is 1. The molecular weight excluding hydrogens is 184 g/mol. The summed E-state index contributed by atoms with van der Waals surface area (Å²) in [4.78, 5) is 13.0. The summed E-state index contributed by atoms with van der Waals surface area (Å²) in [6.45, 7) is 3.16. The number of aliphatic hydroxyl groups is 1. The van der Waals surface area contributed by atoms with E-state index in [1.54, 1.807) is 11.8 Å². The van der Waals surface area contributed by atoms with Gasteiger partial charge in [-0.05, 0) is 13.3 Å². The third kappa shape index (κ3) is 2.99. The van der Waals surface area contributed by atoms with Gasteiger partial charge in [-0.25, -0.2) is 0 Å². The van der Waals surface area contributed by atoms with Gasteiger partial charge in [0.25, 0.3) is 0 Å². The standard InChI is InChI=1S/C9H16N2O3/c1-2-14-8(10)5-9(13)11-4-3-7(12)6-11/h7,10,12H,2-6H2,1H3/t7-/m1/s1. The third-order valence-corrected chi connectivity index (χ3v) is 2.15. The average molecular weight is 200 g/mol. The first-order valence-electron chi connectivity index (χ1n) is 4.79. The zero-order chi connectivity index (χ0) is 10.6. The lowest BCUT2D eigenvalue weighted by atomic mass is 10.3.